The monoisotopic (exact) mass is 1190 g/mol. The van der Waals surface area contributed by atoms with Gasteiger partial charge in [-0.25, -0.2) is 0 Å². The van der Waals surface area contributed by atoms with Gasteiger partial charge in [-0.1, -0.05) is 249 Å². The molecule has 1 unspecified atom stereocenters. The first-order valence-electron chi connectivity index (χ1n) is 32.6. The molecule has 1 aliphatic carbocycles. The summed E-state index contributed by atoms with van der Waals surface area (Å²) in [6.45, 7) is 34.4. The molecule has 4 heteroatoms. The van der Waals surface area contributed by atoms with E-state index < -0.39 is 5.41 Å². The van der Waals surface area contributed by atoms with E-state index in [4.69, 9.17) is 4.42 Å². The maximum Gasteiger partial charge on any atom is 0.145 e. The summed E-state index contributed by atoms with van der Waals surface area (Å²) in [6.07, 6.45) is 0. The molecule has 0 saturated carbocycles. The Morgan fingerprint density at radius 2 is 0.604 bits per heavy atom. The minimum atomic E-state index is -0.915. The number of benzene rings is 11. The molecule has 0 amide bonds. The second-order valence-electron chi connectivity index (χ2n) is 30.3. The van der Waals surface area contributed by atoms with Crippen LogP contribution in [-0.4, -0.2) is 0 Å². The van der Waals surface area contributed by atoms with E-state index in [-0.39, 0.29) is 27.1 Å². The number of hydrogen-bond acceptors (Lipinski definition) is 4. The van der Waals surface area contributed by atoms with Crippen LogP contribution < -0.4 is 14.7 Å². The van der Waals surface area contributed by atoms with Gasteiger partial charge in [0.05, 0.1) is 16.5 Å². The van der Waals surface area contributed by atoms with E-state index in [9.17, 15) is 0 Å². The Morgan fingerprint density at radius 3 is 1.02 bits per heavy atom. The quantitative estimate of drug-likeness (QED) is 0.129. The molecular weight excluding hydrogens is 1100 g/mol. The van der Waals surface area contributed by atoms with Gasteiger partial charge < -0.3 is 19.1 Å². The molecule has 11 aromatic carbocycles. The van der Waals surface area contributed by atoms with Crippen LogP contribution in [0.5, 0.6) is 0 Å². The predicted octanol–water partition coefficient (Wildman–Crippen LogP) is 24.8. The van der Waals surface area contributed by atoms with Gasteiger partial charge in [0.25, 0.3) is 0 Å². The number of fused-ring (bicyclic) bond motifs is 7. The summed E-state index contributed by atoms with van der Waals surface area (Å²) in [6, 6.07) is 96.0. The summed E-state index contributed by atoms with van der Waals surface area (Å²) in [5, 5.41) is 2.13. The average Bonchev–Trinajstić information content (AvgIpc) is 1.52. The molecule has 13 rings (SSSR count). The molecule has 91 heavy (non-hydrogen) atoms. The van der Waals surface area contributed by atoms with E-state index in [0.29, 0.717) is 0 Å². The molecule has 1 aliphatic rings. The number of para-hydroxylation sites is 3. The van der Waals surface area contributed by atoms with E-state index in [0.717, 1.165) is 95.4 Å². The zero-order valence-electron chi connectivity index (χ0n) is 56.0. The average molecular weight is 1190 g/mol. The lowest BCUT2D eigenvalue weighted by Gasteiger charge is -2.37. The molecule has 456 valence electrons. The third-order valence-corrected chi connectivity index (χ3v) is 18.9. The van der Waals surface area contributed by atoms with Gasteiger partial charge in [-0.2, -0.15) is 0 Å². The molecule has 0 saturated heterocycles. The van der Waals surface area contributed by atoms with Gasteiger partial charge in [0.1, 0.15) is 11.2 Å². The summed E-state index contributed by atoms with van der Waals surface area (Å²) in [5.41, 5.74) is 23.6. The predicted molar refractivity (Wildman–Crippen MR) is 389 cm³/mol. The Hall–Kier alpha value is -9.38. The molecule has 0 N–H and O–H groups in total. The maximum atomic E-state index is 7.53. The highest BCUT2D eigenvalue weighted by atomic mass is 16.3. The van der Waals surface area contributed by atoms with E-state index in [1.54, 1.807) is 0 Å². The van der Waals surface area contributed by atoms with Gasteiger partial charge in [-0.3, -0.25) is 0 Å². The van der Waals surface area contributed by atoms with Gasteiger partial charge >= 0.3 is 0 Å². The third-order valence-electron chi connectivity index (χ3n) is 18.9. The van der Waals surface area contributed by atoms with Gasteiger partial charge in [0.15, 0.2) is 0 Å². The van der Waals surface area contributed by atoms with Crippen LogP contribution in [0.3, 0.4) is 0 Å². The van der Waals surface area contributed by atoms with Crippen molar-refractivity contribution < 1.29 is 4.42 Å². The number of furan rings is 1. The minimum Gasteiger partial charge on any atom is -0.455 e. The van der Waals surface area contributed by atoms with Crippen molar-refractivity contribution in [2.24, 2.45) is 0 Å². The van der Waals surface area contributed by atoms with Crippen LogP contribution in [0.25, 0.3) is 33.1 Å². The number of anilines is 9. The van der Waals surface area contributed by atoms with Crippen LogP contribution >= 0.6 is 0 Å². The van der Waals surface area contributed by atoms with E-state index in [1.165, 1.54) is 38.9 Å². The lowest BCUT2D eigenvalue weighted by molar-refractivity contribution is 0.589. The molecule has 1 atom stereocenters. The molecule has 0 fully saturated rings. The van der Waals surface area contributed by atoms with Crippen molar-refractivity contribution in [2.75, 3.05) is 14.7 Å². The van der Waals surface area contributed by atoms with Crippen LogP contribution in [0.4, 0.5) is 51.2 Å². The molecule has 1 aromatic heterocycles. The standard InChI is InChI=1S/C87H87N3O/c1-82(2,3)58-30-32-63(33-31-58)87(64-42-52-69(53-43-64)88(67-44-34-59(35-45-67)83(4,5)6)68-46-36-60(37-47-68)84(7,8)9)75-56-72(89(65-24-18-16-19-25-65)70-48-38-61(39-49-70)85(10,11)12)54-55-73(75)79-76(87)57-77(80-74-28-22-23-29-78(74)91-81(79)80)90(66-26-20-17-21-27-66)71-50-40-62(41-51-71)86(13,14)15/h16-57H,1-15H3. The van der Waals surface area contributed by atoms with Crippen LogP contribution in [-0.2, 0) is 32.5 Å². The van der Waals surface area contributed by atoms with Crippen LogP contribution in [0.15, 0.2) is 259 Å². The summed E-state index contributed by atoms with van der Waals surface area (Å²) in [5.74, 6) is 0. The SMILES string of the molecule is CC(C)(C)c1ccc(N(c2ccc(C(C)(C)C)cc2)c2ccc(C3(c4ccc(C(C)(C)C)cc4)c4cc(N(c5ccccc5)c5ccc(C(C)(C)C)cc5)ccc4-c4c3cc(N(c3ccccc3)c3ccc(C(C)(C)C)cc3)c3c4oc4ccccc43)cc2)cc1. The smallest absolute Gasteiger partial charge is 0.145 e. The van der Waals surface area contributed by atoms with Gasteiger partial charge in [0.2, 0.25) is 0 Å². The van der Waals surface area contributed by atoms with E-state index in [1.807, 2.05) is 0 Å². The number of nitrogens with zero attached hydrogens (tertiary/aromatic N) is 3. The van der Waals surface area contributed by atoms with E-state index >= 15 is 0 Å². The second kappa shape index (κ2) is 22.5. The zero-order valence-corrected chi connectivity index (χ0v) is 56.0. The lowest BCUT2D eigenvalue weighted by Crippen LogP contribution is -2.29. The Morgan fingerprint density at radius 1 is 0.286 bits per heavy atom. The highest BCUT2D eigenvalue weighted by Gasteiger charge is 2.49. The first-order valence-corrected chi connectivity index (χ1v) is 32.6. The first-order chi connectivity index (χ1) is 43.3. The highest BCUT2D eigenvalue weighted by Crippen LogP contribution is 2.62. The molecule has 0 aliphatic heterocycles. The lowest BCUT2D eigenvalue weighted by atomic mass is 9.67. The van der Waals surface area contributed by atoms with Crippen LogP contribution in [0.2, 0.25) is 0 Å². The molecule has 0 radical (unpaired) electrons. The van der Waals surface area contributed by atoms with Crippen molar-refractivity contribution in [2.45, 2.75) is 136 Å². The summed E-state index contributed by atoms with van der Waals surface area (Å²) < 4.78 is 7.53. The minimum absolute atomic E-state index is 0.00430. The largest absolute Gasteiger partial charge is 0.455 e. The highest BCUT2D eigenvalue weighted by molar-refractivity contribution is 6.19. The Bertz CT molecular complexity index is 4520. The molecule has 1 heterocycles. The van der Waals surface area contributed by atoms with Crippen molar-refractivity contribution >= 4 is 73.1 Å². The van der Waals surface area contributed by atoms with Gasteiger partial charge in [-0.05, 0) is 192 Å². The van der Waals surface area contributed by atoms with Crippen LogP contribution in [0, 0.1) is 0 Å². The fourth-order valence-electron chi connectivity index (χ4n) is 13.8. The third kappa shape index (κ3) is 11.0. The Labute approximate surface area is 541 Å². The van der Waals surface area contributed by atoms with Crippen molar-refractivity contribution in [1.82, 2.24) is 0 Å². The molecule has 0 bridgehead atoms. The zero-order chi connectivity index (χ0) is 64.0. The van der Waals surface area contributed by atoms with Gasteiger partial charge in [-0.15, -0.1) is 0 Å². The second-order valence-corrected chi connectivity index (χ2v) is 30.3. The normalized spacial score (nSPS) is 14.4. The molecule has 12 aromatic rings. The van der Waals surface area contributed by atoms with Crippen LogP contribution in [0.1, 0.15) is 154 Å². The fraction of sp³-hybridized carbons (Fsp3) is 0.241. The Balaban J connectivity index is 1.14. The summed E-state index contributed by atoms with van der Waals surface area (Å²) >= 11 is 0. The Kier molecular flexibility index (Phi) is 15.0. The maximum absolute atomic E-state index is 7.53. The molecule has 4 nitrogen and oxygen atoms in total. The van der Waals surface area contributed by atoms with E-state index in [2.05, 4.69) is 373 Å². The van der Waals surface area contributed by atoms with Crippen molar-refractivity contribution in [1.29, 1.82) is 0 Å². The fourth-order valence-corrected chi connectivity index (χ4v) is 13.8. The molecular formula is C87H87N3O. The summed E-state index contributed by atoms with van der Waals surface area (Å²) in [7, 11) is 0. The number of hydrogen-bond donors (Lipinski definition) is 0. The molecule has 0 spiro atoms. The topological polar surface area (TPSA) is 22.9 Å². The first kappa shape index (κ1) is 60.5. The van der Waals surface area contributed by atoms with Crippen molar-refractivity contribution in [3.05, 3.63) is 305 Å². The number of rotatable bonds is 11. The van der Waals surface area contributed by atoms with Crippen molar-refractivity contribution in [3.8, 4) is 11.1 Å². The summed E-state index contributed by atoms with van der Waals surface area (Å²) in [4.78, 5) is 7.32. The van der Waals surface area contributed by atoms with Crippen molar-refractivity contribution in [3.63, 3.8) is 0 Å². The van der Waals surface area contributed by atoms with Gasteiger partial charge in [0, 0.05) is 56.4 Å².